The van der Waals surface area contributed by atoms with Gasteiger partial charge in [0.15, 0.2) is 5.82 Å². The lowest BCUT2D eigenvalue weighted by Gasteiger charge is -2.05. The number of halogens is 2. The van der Waals surface area contributed by atoms with Crippen molar-refractivity contribution >= 4 is 23.2 Å². The third-order valence-electron chi connectivity index (χ3n) is 2.07. The monoisotopic (exact) mass is 254 g/mol. The normalized spacial score (nSPS) is 10.4. The van der Waals surface area contributed by atoms with Gasteiger partial charge in [0, 0.05) is 18.0 Å². The smallest absolute Gasteiger partial charge is 0.162 e. The van der Waals surface area contributed by atoms with Crippen molar-refractivity contribution in [2.45, 2.75) is 6.61 Å². The second kappa shape index (κ2) is 4.78. The van der Waals surface area contributed by atoms with Gasteiger partial charge in [-0.15, -0.1) is 0 Å². The molecule has 5 heteroatoms. The molecule has 1 aromatic heterocycles. The highest BCUT2D eigenvalue weighted by atomic mass is 35.5. The van der Waals surface area contributed by atoms with Crippen LogP contribution in [-0.2, 0) is 6.61 Å². The van der Waals surface area contributed by atoms with Crippen LogP contribution in [0, 0.1) is 0 Å². The first-order valence-corrected chi connectivity index (χ1v) is 5.34. The van der Waals surface area contributed by atoms with Gasteiger partial charge >= 0.3 is 0 Å². The molecular formula is C11H8Cl2N2O. The number of rotatable bonds is 2. The first kappa shape index (κ1) is 11.3. The number of nitrogens with zero attached hydrogens (tertiary/aromatic N) is 2. The maximum atomic E-state index is 8.88. The van der Waals surface area contributed by atoms with Gasteiger partial charge in [0.1, 0.15) is 0 Å². The van der Waals surface area contributed by atoms with Crippen LogP contribution in [0.1, 0.15) is 5.56 Å². The Morgan fingerprint density at radius 1 is 1.06 bits per heavy atom. The Hall–Kier alpha value is -1.16. The summed E-state index contributed by atoms with van der Waals surface area (Å²) in [6.45, 7) is -0.0868. The zero-order valence-corrected chi connectivity index (χ0v) is 9.70. The topological polar surface area (TPSA) is 46.0 Å². The summed E-state index contributed by atoms with van der Waals surface area (Å²) in [6.07, 6.45) is 3.09. The maximum Gasteiger partial charge on any atom is 0.162 e. The highest BCUT2D eigenvalue weighted by Crippen LogP contribution is 2.31. The van der Waals surface area contributed by atoms with E-state index in [1.807, 2.05) is 0 Å². The Bertz CT molecular complexity index is 480. The molecule has 0 fully saturated rings. The predicted octanol–water partition coefficient (Wildman–Crippen LogP) is 2.94. The molecule has 2 rings (SSSR count). The van der Waals surface area contributed by atoms with Crippen molar-refractivity contribution in [1.82, 2.24) is 9.97 Å². The minimum Gasteiger partial charge on any atom is -0.392 e. The molecule has 0 amide bonds. The fourth-order valence-corrected chi connectivity index (χ4v) is 1.84. The summed E-state index contributed by atoms with van der Waals surface area (Å²) in [5, 5.41) is 9.88. The molecule has 1 heterocycles. The van der Waals surface area contributed by atoms with Gasteiger partial charge in [-0.1, -0.05) is 29.3 Å². The maximum absolute atomic E-state index is 8.88. The summed E-state index contributed by atoms with van der Waals surface area (Å²) in [7, 11) is 0. The van der Waals surface area contributed by atoms with Crippen LogP contribution in [0.3, 0.4) is 0 Å². The molecule has 0 unspecified atom stereocenters. The summed E-state index contributed by atoms with van der Waals surface area (Å²) in [4.78, 5) is 8.20. The van der Waals surface area contributed by atoms with Crippen LogP contribution in [0.4, 0.5) is 0 Å². The number of aromatic nitrogens is 2. The average Bonchev–Trinajstić information content (AvgIpc) is 2.30. The Balaban J connectivity index is 2.50. The third kappa shape index (κ3) is 2.16. The molecule has 0 saturated heterocycles. The van der Waals surface area contributed by atoms with Crippen LogP contribution in [0.5, 0.6) is 0 Å². The molecule has 0 saturated carbocycles. The highest BCUT2D eigenvalue weighted by Gasteiger charge is 2.10. The highest BCUT2D eigenvalue weighted by molar-refractivity contribution is 6.38. The van der Waals surface area contributed by atoms with Crippen LogP contribution in [0.25, 0.3) is 11.4 Å². The molecule has 2 aromatic rings. The van der Waals surface area contributed by atoms with Crippen LogP contribution in [0.2, 0.25) is 10.0 Å². The Labute approximate surface area is 103 Å². The quantitative estimate of drug-likeness (QED) is 0.897. The minimum atomic E-state index is -0.0868. The van der Waals surface area contributed by atoms with Crippen molar-refractivity contribution in [2.24, 2.45) is 0 Å². The summed E-state index contributed by atoms with van der Waals surface area (Å²) in [5.74, 6) is 0.452. The second-order valence-corrected chi connectivity index (χ2v) is 3.98. The lowest BCUT2D eigenvalue weighted by atomic mass is 10.2. The van der Waals surface area contributed by atoms with Crippen LogP contribution in [-0.4, -0.2) is 15.1 Å². The molecule has 0 aliphatic carbocycles. The number of hydrogen-bond acceptors (Lipinski definition) is 3. The predicted molar refractivity (Wildman–Crippen MR) is 63.4 cm³/mol. The molecule has 0 spiro atoms. The molecule has 3 nitrogen and oxygen atoms in total. The van der Waals surface area contributed by atoms with Gasteiger partial charge in [0.05, 0.1) is 22.2 Å². The van der Waals surface area contributed by atoms with Crippen molar-refractivity contribution < 1.29 is 5.11 Å². The molecule has 0 atom stereocenters. The zero-order chi connectivity index (χ0) is 11.5. The summed E-state index contributed by atoms with van der Waals surface area (Å²) in [6, 6.07) is 5.22. The van der Waals surface area contributed by atoms with E-state index < -0.39 is 0 Å². The summed E-state index contributed by atoms with van der Waals surface area (Å²) < 4.78 is 0. The van der Waals surface area contributed by atoms with Gasteiger partial charge < -0.3 is 5.11 Å². The fourth-order valence-electron chi connectivity index (χ4n) is 1.28. The van der Waals surface area contributed by atoms with Crippen LogP contribution >= 0.6 is 23.2 Å². The summed E-state index contributed by atoms with van der Waals surface area (Å²) in [5.41, 5.74) is 1.25. The van der Waals surface area contributed by atoms with Gasteiger partial charge in [0.2, 0.25) is 0 Å². The SMILES string of the molecule is OCc1cnc(-c2c(Cl)cccc2Cl)nc1. The molecule has 16 heavy (non-hydrogen) atoms. The Kier molecular flexibility index (Phi) is 3.39. The van der Waals surface area contributed by atoms with Crippen molar-refractivity contribution in [1.29, 1.82) is 0 Å². The first-order chi connectivity index (χ1) is 7.72. The number of benzene rings is 1. The fraction of sp³-hybridized carbons (Fsp3) is 0.0909. The third-order valence-corrected chi connectivity index (χ3v) is 2.70. The number of aliphatic hydroxyl groups excluding tert-OH is 1. The number of hydrogen-bond donors (Lipinski definition) is 1. The first-order valence-electron chi connectivity index (χ1n) is 4.58. The Morgan fingerprint density at radius 3 is 2.12 bits per heavy atom. The van der Waals surface area contributed by atoms with E-state index in [2.05, 4.69) is 9.97 Å². The molecule has 0 radical (unpaired) electrons. The van der Waals surface area contributed by atoms with E-state index in [1.54, 1.807) is 30.6 Å². The minimum absolute atomic E-state index is 0.0868. The lowest BCUT2D eigenvalue weighted by Crippen LogP contribution is -1.93. The van der Waals surface area contributed by atoms with E-state index in [-0.39, 0.29) is 6.61 Å². The van der Waals surface area contributed by atoms with Gasteiger partial charge in [-0.25, -0.2) is 9.97 Å². The van der Waals surface area contributed by atoms with E-state index in [1.165, 1.54) is 0 Å². The van der Waals surface area contributed by atoms with Gasteiger partial charge in [-0.3, -0.25) is 0 Å². The summed E-state index contributed by atoms with van der Waals surface area (Å²) >= 11 is 12.0. The van der Waals surface area contributed by atoms with Crippen molar-refractivity contribution in [2.75, 3.05) is 0 Å². The molecule has 82 valence electrons. The average molecular weight is 255 g/mol. The van der Waals surface area contributed by atoms with Crippen molar-refractivity contribution in [3.8, 4) is 11.4 Å². The van der Waals surface area contributed by atoms with E-state index in [4.69, 9.17) is 28.3 Å². The molecule has 0 aliphatic heterocycles. The lowest BCUT2D eigenvalue weighted by molar-refractivity contribution is 0.281. The van der Waals surface area contributed by atoms with E-state index in [0.717, 1.165) is 0 Å². The van der Waals surface area contributed by atoms with Gasteiger partial charge in [-0.2, -0.15) is 0 Å². The van der Waals surface area contributed by atoms with E-state index in [0.29, 0.717) is 27.0 Å². The molecule has 0 aliphatic rings. The van der Waals surface area contributed by atoms with E-state index in [9.17, 15) is 0 Å². The number of aliphatic hydroxyl groups is 1. The second-order valence-electron chi connectivity index (χ2n) is 3.17. The van der Waals surface area contributed by atoms with Crippen molar-refractivity contribution in [3.63, 3.8) is 0 Å². The molecule has 1 N–H and O–H groups in total. The molecule has 0 bridgehead atoms. The van der Waals surface area contributed by atoms with E-state index >= 15 is 0 Å². The van der Waals surface area contributed by atoms with Crippen LogP contribution in [0.15, 0.2) is 30.6 Å². The molecule has 1 aromatic carbocycles. The standard InChI is InChI=1S/C11H8Cl2N2O/c12-8-2-1-3-9(13)10(8)11-14-4-7(6-16)5-15-11/h1-5,16H,6H2. The zero-order valence-electron chi connectivity index (χ0n) is 8.19. The van der Waals surface area contributed by atoms with Gasteiger partial charge in [0.25, 0.3) is 0 Å². The van der Waals surface area contributed by atoms with Crippen molar-refractivity contribution in [3.05, 3.63) is 46.2 Å². The largest absolute Gasteiger partial charge is 0.392 e. The Morgan fingerprint density at radius 2 is 1.62 bits per heavy atom. The molecular weight excluding hydrogens is 247 g/mol. The van der Waals surface area contributed by atoms with Gasteiger partial charge in [-0.05, 0) is 12.1 Å². The van der Waals surface area contributed by atoms with Crippen LogP contribution < -0.4 is 0 Å².